The summed E-state index contributed by atoms with van der Waals surface area (Å²) in [7, 11) is 3.36. The lowest BCUT2D eigenvalue weighted by Gasteiger charge is -2.30. The van der Waals surface area contributed by atoms with Gasteiger partial charge in [0.25, 0.3) is 0 Å². The van der Waals surface area contributed by atoms with Gasteiger partial charge in [0.2, 0.25) is 5.91 Å². The van der Waals surface area contributed by atoms with E-state index in [4.69, 9.17) is 9.84 Å². The Morgan fingerprint density at radius 1 is 1.53 bits per heavy atom. The topological polar surface area (TPSA) is 70.1 Å². The smallest absolute Gasteiger partial charge is 0.334 e. The van der Waals surface area contributed by atoms with E-state index >= 15 is 0 Å². The highest BCUT2D eigenvalue weighted by atomic mass is 16.5. The van der Waals surface area contributed by atoms with Gasteiger partial charge in [-0.2, -0.15) is 0 Å². The highest BCUT2D eigenvalue weighted by molar-refractivity contribution is 5.78. The SMILES string of the molecule is CN(C)C(=O)CN1CCOC(C(=O)O)C1. The predicted molar refractivity (Wildman–Crippen MR) is 52.5 cm³/mol. The van der Waals surface area contributed by atoms with Crippen molar-refractivity contribution in [3.05, 3.63) is 0 Å². The molecule has 1 atom stereocenters. The first-order valence-corrected chi connectivity index (χ1v) is 4.77. The number of aliphatic carboxylic acids is 1. The van der Waals surface area contributed by atoms with Crippen molar-refractivity contribution >= 4 is 11.9 Å². The van der Waals surface area contributed by atoms with Crippen molar-refractivity contribution in [3.8, 4) is 0 Å². The lowest BCUT2D eigenvalue weighted by atomic mass is 10.2. The molecular weight excluding hydrogens is 200 g/mol. The lowest BCUT2D eigenvalue weighted by Crippen LogP contribution is -2.49. The zero-order chi connectivity index (χ0) is 11.4. The zero-order valence-electron chi connectivity index (χ0n) is 8.97. The number of carbonyl (C=O) groups is 2. The first kappa shape index (κ1) is 11.9. The predicted octanol–water partition coefficient (Wildman–Crippen LogP) is -1.14. The first-order valence-electron chi connectivity index (χ1n) is 4.77. The molecule has 1 rings (SSSR count). The van der Waals surface area contributed by atoms with E-state index in [1.807, 2.05) is 0 Å². The fraction of sp³-hybridized carbons (Fsp3) is 0.778. The summed E-state index contributed by atoms with van der Waals surface area (Å²) in [5, 5.41) is 8.75. The summed E-state index contributed by atoms with van der Waals surface area (Å²) in [4.78, 5) is 25.3. The van der Waals surface area contributed by atoms with Crippen LogP contribution in [0.4, 0.5) is 0 Å². The van der Waals surface area contributed by atoms with Gasteiger partial charge in [-0.15, -0.1) is 0 Å². The Hall–Kier alpha value is -1.14. The second-order valence-electron chi connectivity index (χ2n) is 3.72. The maximum Gasteiger partial charge on any atom is 0.334 e. The van der Waals surface area contributed by atoms with Gasteiger partial charge in [0.05, 0.1) is 13.2 Å². The standard InChI is InChI=1S/C9H16N2O4/c1-10(2)8(12)6-11-3-4-15-7(5-11)9(13)14/h7H,3-6H2,1-2H3,(H,13,14). The maximum absolute atomic E-state index is 11.4. The Balaban J connectivity index is 2.43. The van der Waals surface area contributed by atoms with Crippen LogP contribution in [-0.4, -0.2) is 73.2 Å². The molecule has 1 amide bonds. The Morgan fingerprint density at radius 2 is 2.20 bits per heavy atom. The number of ether oxygens (including phenoxy) is 1. The van der Waals surface area contributed by atoms with Gasteiger partial charge in [-0.05, 0) is 0 Å². The molecule has 0 spiro atoms. The molecule has 1 fully saturated rings. The van der Waals surface area contributed by atoms with Gasteiger partial charge in [0, 0.05) is 27.2 Å². The summed E-state index contributed by atoms with van der Waals surface area (Å²) >= 11 is 0. The van der Waals surface area contributed by atoms with Crippen LogP contribution in [0.5, 0.6) is 0 Å². The van der Waals surface area contributed by atoms with E-state index in [1.54, 1.807) is 19.0 Å². The minimum Gasteiger partial charge on any atom is -0.479 e. The number of rotatable bonds is 3. The third-order valence-electron chi connectivity index (χ3n) is 2.28. The molecule has 0 aromatic carbocycles. The number of morpholine rings is 1. The van der Waals surface area contributed by atoms with Crippen molar-refractivity contribution in [2.75, 3.05) is 40.3 Å². The summed E-state index contributed by atoms with van der Waals surface area (Å²) < 4.78 is 5.05. The van der Waals surface area contributed by atoms with Gasteiger partial charge < -0.3 is 14.7 Å². The summed E-state index contributed by atoms with van der Waals surface area (Å²) in [5.41, 5.74) is 0. The highest BCUT2D eigenvalue weighted by Gasteiger charge is 2.27. The summed E-state index contributed by atoms with van der Waals surface area (Å²) in [6.45, 7) is 1.48. The van der Waals surface area contributed by atoms with Gasteiger partial charge in [-0.25, -0.2) is 4.79 Å². The molecule has 1 heterocycles. The van der Waals surface area contributed by atoms with Gasteiger partial charge in [0.1, 0.15) is 0 Å². The van der Waals surface area contributed by atoms with E-state index in [1.165, 1.54) is 4.90 Å². The van der Waals surface area contributed by atoms with Crippen LogP contribution >= 0.6 is 0 Å². The average Bonchev–Trinajstić information content (AvgIpc) is 2.18. The van der Waals surface area contributed by atoms with Gasteiger partial charge in [-0.1, -0.05) is 0 Å². The third-order valence-corrected chi connectivity index (χ3v) is 2.28. The highest BCUT2D eigenvalue weighted by Crippen LogP contribution is 2.05. The number of hydrogen-bond donors (Lipinski definition) is 1. The normalized spacial score (nSPS) is 22.4. The van der Waals surface area contributed by atoms with E-state index in [0.29, 0.717) is 13.2 Å². The molecule has 6 heteroatoms. The van der Waals surface area contributed by atoms with Crippen LogP contribution in [0.3, 0.4) is 0 Å². The minimum absolute atomic E-state index is 0.0268. The van der Waals surface area contributed by atoms with Crippen LogP contribution in [-0.2, 0) is 14.3 Å². The molecule has 0 saturated carbocycles. The molecule has 6 nitrogen and oxygen atoms in total. The molecule has 0 radical (unpaired) electrons. The molecule has 1 unspecified atom stereocenters. The quantitative estimate of drug-likeness (QED) is 0.645. The number of hydrogen-bond acceptors (Lipinski definition) is 4. The number of carboxylic acid groups (broad SMARTS) is 1. The number of amides is 1. The number of likely N-dealkylation sites (N-methyl/N-ethyl adjacent to an activating group) is 1. The molecule has 0 bridgehead atoms. The minimum atomic E-state index is -0.975. The molecular formula is C9H16N2O4. The average molecular weight is 216 g/mol. The maximum atomic E-state index is 11.4. The van der Waals surface area contributed by atoms with Crippen LogP contribution < -0.4 is 0 Å². The van der Waals surface area contributed by atoms with Crippen LogP contribution in [0.2, 0.25) is 0 Å². The fourth-order valence-electron chi connectivity index (χ4n) is 1.33. The van der Waals surface area contributed by atoms with Crippen molar-refractivity contribution < 1.29 is 19.4 Å². The first-order chi connectivity index (χ1) is 7.00. The van der Waals surface area contributed by atoms with Crippen molar-refractivity contribution in [1.29, 1.82) is 0 Å². The molecule has 0 aliphatic carbocycles. The second kappa shape index (κ2) is 5.09. The summed E-state index contributed by atoms with van der Waals surface area (Å²) in [6, 6.07) is 0. The van der Waals surface area contributed by atoms with E-state index in [-0.39, 0.29) is 19.0 Å². The Kier molecular flexibility index (Phi) is 4.05. The lowest BCUT2D eigenvalue weighted by molar-refractivity contribution is -0.157. The van der Waals surface area contributed by atoms with Crippen LogP contribution in [0, 0.1) is 0 Å². The second-order valence-corrected chi connectivity index (χ2v) is 3.72. The van der Waals surface area contributed by atoms with E-state index in [0.717, 1.165) is 0 Å². The van der Waals surface area contributed by atoms with Crippen molar-refractivity contribution in [1.82, 2.24) is 9.80 Å². The van der Waals surface area contributed by atoms with Crippen molar-refractivity contribution in [2.24, 2.45) is 0 Å². The Labute approximate surface area is 88.4 Å². The zero-order valence-corrected chi connectivity index (χ0v) is 8.97. The van der Waals surface area contributed by atoms with E-state index in [2.05, 4.69) is 0 Å². The van der Waals surface area contributed by atoms with Crippen LogP contribution in [0.15, 0.2) is 0 Å². The summed E-state index contributed by atoms with van der Waals surface area (Å²) in [5.74, 6) is -1.00. The molecule has 1 aliphatic rings. The van der Waals surface area contributed by atoms with Gasteiger partial charge in [-0.3, -0.25) is 9.69 Å². The van der Waals surface area contributed by atoms with Crippen LogP contribution in [0.1, 0.15) is 0 Å². The largest absolute Gasteiger partial charge is 0.479 e. The molecule has 1 aliphatic heterocycles. The van der Waals surface area contributed by atoms with E-state index < -0.39 is 12.1 Å². The molecule has 86 valence electrons. The monoisotopic (exact) mass is 216 g/mol. The number of nitrogens with zero attached hydrogens (tertiary/aromatic N) is 2. The molecule has 1 saturated heterocycles. The molecule has 0 aromatic rings. The Morgan fingerprint density at radius 3 is 2.73 bits per heavy atom. The third kappa shape index (κ3) is 3.49. The molecule has 0 aromatic heterocycles. The van der Waals surface area contributed by atoms with Crippen molar-refractivity contribution in [3.63, 3.8) is 0 Å². The van der Waals surface area contributed by atoms with Gasteiger partial charge >= 0.3 is 5.97 Å². The van der Waals surface area contributed by atoms with Gasteiger partial charge in [0.15, 0.2) is 6.10 Å². The number of carboxylic acids is 1. The molecule has 1 N–H and O–H groups in total. The Bertz CT molecular complexity index is 254. The summed E-state index contributed by atoms with van der Waals surface area (Å²) in [6.07, 6.45) is -0.811. The molecule has 15 heavy (non-hydrogen) atoms. The number of carbonyl (C=O) groups excluding carboxylic acids is 1. The van der Waals surface area contributed by atoms with Crippen LogP contribution in [0.25, 0.3) is 0 Å². The van der Waals surface area contributed by atoms with Crippen molar-refractivity contribution in [2.45, 2.75) is 6.10 Å². The van der Waals surface area contributed by atoms with E-state index in [9.17, 15) is 9.59 Å². The fourth-order valence-corrected chi connectivity index (χ4v) is 1.33.